The van der Waals surface area contributed by atoms with Crippen LogP contribution in [0.5, 0.6) is 11.5 Å². The van der Waals surface area contributed by atoms with Crippen molar-refractivity contribution in [3.63, 3.8) is 0 Å². The predicted octanol–water partition coefficient (Wildman–Crippen LogP) is 4.65. The Morgan fingerprint density at radius 3 is 2.03 bits per heavy atom. The van der Waals surface area contributed by atoms with Gasteiger partial charge in [-0.1, -0.05) is 85.0 Å². The zero-order chi connectivity index (χ0) is 26.7. The first-order valence-electron chi connectivity index (χ1n) is 13.0. The first-order chi connectivity index (χ1) is 18.6. The normalized spacial score (nSPS) is 15.3. The third kappa shape index (κ3) is 7.12. The zero-order valence-corrected chi connectivity index (χ0v) is 22.1. The van der Waals surface area contributed by atoms with Crippen molar-refractivity contribution in [2.24, 2.45) is 0 Å². The first kappa shape index (κ1) is 27.2. The van der Waals surface area contributed by atoms with Crippen molar-refractivity contribution in [1.29, 1.82) is 0 Å². The Hall–Kier alpha value is -3.87. The summed E-state index contributed by atoms with van der Waals surface area (Å²) < 4.78 is 10.6. The maximum atomic E-state index is 12.8. The summed E-state index contributed by atoms with van der Waals surface area (Å²) in [6.07, 6.45) is 6.43. The molecule has 1 amide bonds. The Balaban J connectivity index is 1.29. The summed E-state index contributed by atoms with van der Waals surface area (Å²) in [5.74, 6) is 1.27. The van der Waals surface area contributed by atoms with E-state index >= 15 is 0 Å². The molecule has 0 radical (unpaired) electrons. The molecular weight excluding hydrogens is 476 g/mol. The third-order valence-electron chi connectivity index (χ3n) is 6.80. The van der Waals surface area contributed by atoms with Gasteiger partial charge in [0.05, 0.1) is 26.4 Å². The van der Waals surface area contributed by atoms with Gasteiger partial charge in [0, 0.05) is 38.7 Å². The van der Waals surface area contributed by atoms with Crippen LogP contribution in [-0.4, -0.2) is 67.3 Å². The number of allylic oxidation sites excluding steroid dienone is 2. The maximum absolute atomic E-state index is 12.8. The number of ether oxygens (including phenoxy) is 2. The second kappa shape index (κ2) is 13.6. The summed E-state index contributed by atoms with van der Waals surface area (Å²) in [5.41, 5.74) is 3.45. The van der Waals surface area contributed by atoms with E-state index in [2.05, 4.69) is 53.4 Å². The van der Waals surface area contributed by atoms with Gasteiger partial charge < -0.3 is 19.5 Å². The summed E-state index contributed by atoms with van der Waals surface area (Å²) in [5, 5.41) is 10.4. The van der Waals surface area contributed by atoms with Crippen molar-refractivity contribution < 1.29 is 19.4 Å². The molecule has 6 heteroatoms. The van der Waals surface area contributed by atoms with Gasteiger partial charge in [-0.3, -0.25) is 9.69 Å². The molecule has 1 fully saturated rings. The fourth-order valence-corrected chi connectivity index (χ4v) is 4.84. The molecular formula is C32H36N2O4. The molecule has 0 aliphatic carbocycles. The van der Waals surface area contributed by atoms with Gasteiger partial charge in [-0.15, -0.1) is 0 Å². The zero-order valence-electron chi connectivity index (χ0n) is 22.1. The van der Waals surface area contributed by atoms with Gasteiger partial charge in [0.25, 0.3) is 0 Å². The fourth-order valence-electron chi connectivity index (χ4n) is 4.84. The Morgan fingerprint density at radius 2 is 1.45 bits per heavy atom. The number of nitrogens with zero attached hydrogens (tertiary/aromatic N) is 2. The largest absolute Gasteiger partial charge is 0.493 e. The number of aliphatic hydroxyl groups is 1. The molecule has 0 saturated carbocycles. The molecule has 6 nitrogen and oxygen atoms in total. The molecule has 1 N–H and O–H groups in total. The van der Waals surface area contributed by atoms with Crippen molar-refractivity contribution in [3.8, 4) is 11.5 Å². The molecule has 3 aromatic carbocycles. The van der Waals surface area contributed by atoms with Crippen LogP contribution in [0.1, 0.15) is 22.7 Å². The maximum Gasteiger partial charge on any atom is 0.246 e. The van der Waals surface area contributed by atoms with Crippen LogP contribution in [-0.2, 0) is 11.2 Å². The molecule has 38 heavy (non-hydrogen) atoms. The molecule has 1 heterocycles. The Bertz CT molecular complexity index is 1180. The Labute approximate surface area is 225 Å². The number of hydrogen-bond donors (Lipinski definition) is 1. The highest BCUT2D eigenvalue weighted by Gasteiger charge is 2.27. The van der Waals surface area contributed by atoms with Gasteiger partial charge in [-0.25, -0.2) is 0 Å². The third-order valence-corrected chi connectivity index (χ3v) is 6.80. The van der Waals surface area contributed by atoms with Crippen LogP contribution in [0.25, 0.3) is 0 Å². The lowest BCUT2D eigenvalue weighted by atomic mass is 9.96. The quantitative estimate of drug-likeness (QED) is 0.316. The van der Waals surface area contributed by atoms with Crippen LogP contribution in [0.4, 0.5) is 0 Å². The molecule has 0 unspecified atom stereocenters. The van der Waals surface area contributed by atoms with E-state index in [1.807, 2.05) is 35.2 Å². The number of amides is 1. The van der Waals surface area contributed by atoms with E-state index in [-0.39, 0.29) is 11.9 Å². The number of piperazine rings is 1. The van der Waals surface area contributed by atoms with Crippen molar-refractivity contribution in [1.82, 2.24) is 9.80 Å². The first-order valence-corrected chi connectivity index (χ1v) is 13.0. The van der Waals surface area contributed by atoms with Crippen molar-refractivity contribution in [2.45, 2.75) is 18.6 Å². The van der Waals surface area contributed by atoms with Crippen LogP contribution in [0.3, 0.4) is 0 Å². The van der Waals surface area contributed by atoms with E-state index in [0.717, 1.165) is 18.7 Å². The minimum atomic E-state index is -0.677. The second-order valence-electron chi connectivity index (χ2n) is 9.29. The van der Waals surface area contributed by atoms with Gasteiger partial charge in [0.15, 0.2) is 11.5 Å². The fraction of sp³-hybridized carbons (Fsp3) is 0.281. The molecule has 198 valence electrons. The summed E-state index contributed by atoms with van der Waals surface area (Å²) in [6, 6.07) is 26.8. The second-order valence-corrected chi connectivity index (χ2v) is 9.29. The van der Waals surface area contributed by atoms with Crippen molar-refractivity contribution >= 4 is 5.91 Å². The average molecular weight is 513 g/mol. The average Bonchev–Trinajstić information content (AvgIpc) is 2.97. The monoisotopic (exact) mass is 512 g/mol. The Kier molecular flexibility index (Phi) is 9.73. The van der Waals surface area contributed by atoms with Crippen LogP contribution < -0.4 is 9.47 Å². The van der Waals surface area contributed by atoms with Crippen molar-refractivity contribution in [2.75, 3.05) is 40.4 Å². The van der Waals surface area contributed by atoms with Gasteiger partial charge in [-0.05, 0) is 28.8 Å². The smallest absolute Gasteiger partial charge is 0.246 e. The van der Waals surface area contributed by atoms with Gasteiger partial charge in [0.1, 0.15) is 0 Å². The summed E-state index contributed by atoms with van der Waals surface area (Å²) in [6.45, 7) is 2.94. The molecule has 1 aliphatic heterocycles. The molecule has 1 aliphatic rings. The van der Waals surface area contributed by atoms with Crippen molar-refractivity contribution in [3.05, 3.63) is 120 Å². The van der Waals surface area contributed by atoms with E-state index in [1.54, 1.807) is 38.5 Å². The Morgan fingerprint density at radius 1 is 0.842 bits per heavy atom. The molecule has 0 spiro atoms. The highest BCUT2D eigenvalue weighted by Crippen LogP contribution is 2.30. The molecule has 1 saturated heterocycles. The van der Waals surface area contributed by atoms with Gasteiger partial charge >= 0.3 is 0 Å². The summed E-state index contributed by atoms with van der Waals surface area (Å²) in [7, 11) is 3.18. The number of carbonyl (C=O) groups is 1. The highest BCUT2D eigenvalue weighted by atomic mass is 16.5. The topological polar surface area (TPSA) is 62.2 Å². The van der Waals surface area contributed by atoms with Crippen LogP contribution in [0, 0.1) is 0 Å². The molecule has 3 aromatic rings. The van der Waals surface area contributed by atoms with Gasteiger partial charge in [0.2, 0.25) is 5.91 Å². The number of rotatable bonds is 10. The standard InChI is InChI=1S/C32H36N2O4/c1-37-29-18-17-25(24-30(29)38-2)23-28(35)15-9-10-16-31(36)33-19-21-34(22-20-33)32(26-11-5-3-6-12-26)27-13-7-4-8-14-27/h3-18,24,28,32,35H,19-23H2,1-2H3/b15-9+,16-10+/t28-/m0/s1. The van der Waals surface area contributed by atoms with Crippen LogP contribution >= 0.6 is 0 Å². The number of methoxy groups -OCH3 is 2. The van der Waals surface area contributed by atoms with E-state index in [9.17, 15) is 9.90 Å². The lowest BCUT2D eigenvalue weighted by Crippen LogP contribution is -2.49. The van der Waals surface area contributed by atoms with Crippen LogP contribution in [0.15, 0.2) is 103 Å². The molecule has 4 rings (SSSR count). The lowest BCUT2D eigenvalue weighted by molar-refractivity contribution is -0.127. The van der Waals surface area contributed by atoms with Gasteiger partial charge in [-0.2, -0.15) is 0 Å². The van der Waals surface area contributed by atoms with E-state index in [0.29, 0.717) is 31.0 Å². The molecule has 0 bridgehead atoms. The predicted molar refractivity (Wildman–Crippen MR) is 150 cm³/mol. The van der Waals surface area contributed by atoms with E-state index < -0.39 is 6.10 Å². The highest BCUT2D eigenvalue weighted by molar-refractivity contribution is 5.88. The summed E-state index contributed by atoms with van der Waals surface area (Å²) in [4.78, 5) is 17.1. The number of hydrogen-bond acceptors (Lipinski definition) is 5. The molecule has 0 aromatic heterocycles. The number of carbonyl (C=O) groups excluding carboxylic acids is 1. The minimum absolute atomic E-state index is 0.0142. The summed E-state index contributed by atoms with van der Waals surface area (Å²) >= 11 is 0. The SMILES string of the molecule is COc1ccc(C[C@@H](O)/C=C/C=C/C(=O)N2CCN(C(c3ccccc3)c3ccccc3)CC2)cc1OC. The number of aliphatic hydroxyl groups excluding tert-OH is 1. The molecule has 1 atom stereocenters. The van der Waals surface area contributed by atoms with E-state index in [1.165, 1.54) is 11.1 Å². The minimum Gasteiger partial charge on any atom is -0.493 e. The van der Waals surface area contributed by atoms with E-state index in [4.69, 9.17) is 9.47 Å². The lowest BCUT2D eigenvalue weighted by Gasteiger charge is -2.39. The van der Waals surface area contributed by atoms with Crippen LogP contribution in [0.2, 0.25) is 0 Å². The number of benzene rings is 3.